The van der Waals surface area contributed by atoms with E-state index in [1.54, 1.807) is 0 Å². The molecule has 0 aliphatic heterocycles. The Balaban J connectivity index is 2.30. The van der Waals surface area contributed by atoms with E-state index in [1.807, 2.05) is 11.4 Å². The van der Waals surface area contributed by atoms with Crippen molar-refractivity contribution in [2.45, 2.75) is 52.6 Å². The van der Waals surface area contributed by atoms with Gasteiger partial charge in [-0.2, -0.15) is 18.4 Å². The van der Waals surface area contributed by atoms with Gasteiger partial charge in [0, 0.05) is 4.88 Å². The van der Waals surface area contributed by atoms with Gasteiger partial charge in [-0.25, -0.2) is 0 Å². The highest BCUT2D eigenvalue weighted by Gasteiger charge is 2.40. The first-order valence-corrected chi connectivity index (χ1v) is 8.34. The van der Waals surface area contributed by atoms with Crippen molar-refractivity contribution < 1.29 is 18.0 Å². The van der Waals surface area contributed by atoms with Crippen LogP contribution in [0.25, 0.3) is 0 Å². The normalized spacial score (nSPS) is 18.2. The fourth-order valence-electron chi connectivity index (χ4n) is 2.92. The minimum absolute atomic E-state index is 0.0229. The summed E-state index contributed by atoms with van der Waals surface area (Å²) in [6.45, 7) is 6.50. The van der Waals surface area contributed by atoms with Gasteiger partial charge in [0.2, 0.25) is 0 Å². The minimum Gasteiger partial charge on any atom is -0.309 e. The molecular weight excluding hydrogens is 325 g/mol. The van der Waals surface area contributed by atoms with Crippen LogP contribution in [0, 0.1) is 22.7 Å². The van der Waals surface area contributed by atoms with Crippen LogP contribution >= 0.6 is 11.3 Å². The highest BCUT2D eigenvalue weighted by Crippen LogP contribution is 2.45. The van der Waals surface area contributed by atoms with Gasteiger partial charge >= 0.3 is 12.1 Å². The molecule has 0 bridgehead atoms. The van der Waals surface area contributed by atoms with E-state index in [-0.39, 0.29) is 16.0 Å². The standard InChI is InChI=1S/C16H19F3N2OS/c1-4-15(2,3)9-5-6-10-11(8-20)13(23-12(10)7-9)21-14(22)16(17,18)19/h9H,4-7H2,1-3H3,(H,21,22)/t9-/m0/s1. The van der Waals surface area contributed by atoms with Gasteiger partial charge in [0.15, 0.2) is 0 Å². The van der Waals surface area contributed by atoms with Crippen molar-refractivity contribution in [2.75, 3.05) is 5.32 Å². The van der Waals surface area contributed by atoms with Crippen molar-refractivity contribution in [3.63, 3.8) is 0 Å². The van der Waals surface area contributed by atoms with Crippen molar-refractivity contribution in [2.24, 2.45) is 11.3 Å². The maximum absolute atomic E-state index is 12.4. The first-order chi connectivity index (χ1) is 10.6. The van der Waals surface area contributed by atoms with Crippen LogP contribution in [0.15, 0.2) is 0 Å². The van der Waals surface area contributed by atoms with E-state index in [1.165, 1.54) is 0 Å². The lowest BCUT2D eigenvalue weighted by molar-refractivity contribution is -0.167. The molecule has 0 aromatic carbocycles. The van der Waals surface area contributed by atoms with Gasteiger partial charge in [-0.3, -0.25) is 4.79 Å². The number of alkyl halides is 3. The number of carbonyl (C=O) groups excluding carboxylic acids is 1. The van der Waals surface area contributed by atoms with Crippen molar-refractivity contribution >= 4 is 22.2 Å². The minimum atomic E-state index is -4.95. The molecule has 1 amide bonds. The zero-order valence-electron chi connectivity index (χ0n) is 13.3. The van der Waals surface area contributed by atoms with E-state index in [0.717, 1.165) is 41.0 Å². The molecule has 1 aromatic rings. The Morgan fingerprint density at radius 1 is 1.43 bits per heavy atom. The summed E-state index contributed by atoms with van der Waals surface area (Å²) < 4.78 is 37.3. The molecule has 1 aliphatic carbocycles. The average molecular weight is 344 g/mol. The summed E-state index contributed by atoms with van der Waals surface area (Å²) >= 11 is 1.11. The molecule has 1 heterocycles. The molecular formula is C16H19F3N2OS. The van der Waals surface area contributed by atoms with Crippen LogP contribution in [0.1, 0.15) is 49.6 Å². The molecule has 23 heavy (non-hydrogen) atoms. The molecule has 1 aliphatic rings. The van der Waals surface area contributed by atoms with Crippen LogP contribution < -0.4 is 5.32 Å². The highest BCUT2D eigenvalue weighted by molar-refractivity contribution is 7.16. The van der Waals surface area contributed by atoms with Gasteiger partial charge in [0.05, 0.1) is 5.56 Å². The Bertz CT molecular complexity index is 656. The number of thiophene rings is 1. The largest absolute Gasteiger partial charge is 0.471 e. The number of nitrogens with zero attached hydrogens (tertiary/aromatic N) is 1. The van der Waals surface area contributed by atoms with Gasteiger partial charge in [-0.1, -0.05) is 27.2 Å². The highest BCUT2D eigenvalue weighted by atomic mass is 32.1. The first-order valence-electron chi connectivity index (χ1n) is 7.53. The van der Waals surface area contributed by atoms with Crippen molar-refractivity contribution in [1.82, 2.24) is 0 Å². The Morgan fingerprint density at radius 2 is 2.09 bits per heavy atom. The maximum Gasteiger partial charge on any atom is 0.471 e. The van der Waals surface area contributed by atoms with E-state index in [2.05, 4.69) is 20.8 Å². The van der Waals surface area contributed by atoms with Crippen molar-refractivity contribution in [1.29, 1.82) is 5.26 Å². The molecule has 0 spiro atoms. The zero-order valence-corrected chi connectivity index (χ0v) is 14.1. The monoisotopic (exact) mass is 344 g/mol. The van der Waals surface area contributed by atoms with Gasteiger partial charge in [0.1, 0.15) is 11.1 Å². The van der Waals surface area contributed by atoms with Gasteiger partial charge in [-0.05, 0) is 36.2 Å². The number of hydrogen-bond donors (Lipinski definition) is 1. The van der Waals surface area contributed by atoms with E-state index in [9.17, 15) is 23.2 Å². The summed E-state index contributed by atoms with van der Waals surface area (Å²) in [5, 5.41) is 11.2. The number of hydrogen-bond acceptors (Lipinski definition) is 3. The number of carbonyl (C=O) groups is 1. The molecule has 3 nitrogen and oxygen atoms in total. The van der Waals surface area contributed by atoms with Crippen LogP contribution in [0.2, 0.25) is 0 Å². The lowest BCUT2D eigenvalue weighted by Gasteiger charge is -2.36. The number of halogens is 3. The molecule has 1 N–H and O–H groups in total. The number of amides is 1. The summed E-state index contributed by atoms with van der Waals surface area (Å²) in [4.78, 5) is 12.1. The fourth-order valence-corrected chi connectivity index (χ4v) is 4.19. The number of anilines is 1. The fraction of sp³-hybridized carbons (Fsp3) is 0.625. The van der Waals surface area contributed by atoms with Crippen LogP contribution in [-0.2, 0) is 17.6 Å². The van der Waals surface area contributed by atoms with Crippen LogP contribution in [0.3, 0.4) is 0 Å². The maximum atomic E-state index is 12.4. The second-order valence-corrected chi connectivity index (χ2v) is 7.66. The predicted molar refractivity (Wildman–Crippen MR) is 83.3 cm³/mol. The summed E-state index contributed by atoms with van der Waals surface area (Å²) in [6.07, 6.45) is -1.61. The third-order valence-corrected chi connectivity index (χ3v) is 6.05. The summed E-state index contributed by atoms with van der Waals surface area (Å²) in [6, 6.07) is 1.96. The van der Waals surface area contributed by atoms with Crippen LogP contribution in [-0.4, -0.2) is 12.1 Å². The number of nitriles is 1. The first kappa shape index (κ1) is 17.8. The summed E-state index contributed by atoms with van der Waals surface area (Å²) in [5.41, 5.74) is 1.14. The van der Waals surface area contributed by atoms with Crippen molar-refractivity contribution in [3.05, 3.63) is 16.0 Å². The lowest BCUT2D eigenvalue weighted by atomic mass is 9.69. The van der Waals surface area contributed by atoms with E-state index < -0.39 is 12.1 Å². The van der Waals surface area contributed by atoms with Gasteiger partial charge in [0.25, 0.3) is 0 Å². The van der Waals surface area contributed by atoms with E-state index in [0.29, 0.717) is 12.3 Å². The number of rotatable bonds is 3. The SMILES string of the molecule is CCC(C)(C)[C@H]1CCc2c(sc(NC(=O)C(F)(F)F)c2C#N)C1. The number of nitrogens with one attached hydrogen (secondary N) is 1. The lowest BCUT2D eigenvalue weighted by Crippen LogP contribution is -2.29. The molecule has 0 saturated carbocycles. The Labute approximate surface area is 137 Å². The third-order valence-electron chi connectivity index (χ3n) is 4.88. The molecule has 126 valence electrons. The second kappa shape index (κ2) is 6.16. The summed E-state index contributed by atoms with van der Waals surface area (Å²) in [5.74, 6) is -1.60. The van der Waals surface area contributed by atoms with Crippen LogP contribution in [0.5, 0.6) is 0 Å². The molecule has 0 unspecified atom stereocenters. The zero-order chi connectivity index (χ0) is 17.4. The van der Waals surface area contributed by atoms with Crippen molar-refractivity contribution in [3.8, 4) is 6.07 Å². The van der Waals surface area contributed by atoms with Gasteiger partial charge < -0.3 is 5.32 Å². The predicted octanol–water partition coefficient (Wildman–Crippen LogP) is 4.66. The second-order valence-electron chi connectivity index (χ2n) is 6.55. The number of fused-ring (bicyclic) bond motifs is 1. The molecule has 2 rings (SSSR count). The molecule has 7 heteroatoms. The summed E-state index contributed by atoms with van der Waals surface area (Å²) in [7, 11) is 0. The molecule has 1 atom stereocenters. The smallest absolute Gasteiger partial charge is 0.309 e. The topological polar surface area (TPSA) is 52.9 Å². The van der Waals surface area contributed by atoms with E-state index >= 15 is 0 Å². The molecule has 0 fully saturated rings. The molecule has 0 saturated heterocycles. The Morgan fingerprint density at radius 3 is 2.61 bits per heavy atom. The average Bonchev–Trinajstić information content (AvgIpc) is 2.82. The Kier molecular flexibility index (Phi) is 4.76. The quantitative estimate of drug-likeness (QED) is 0.867. The van der Waals surface area contributed by atoms with Crippen LogP contribution in [0.4, 0.5) is 18.2 Å². The van der Waals surface area contributed by atoms with E-state index in [4.69, 9.17) is 0 Å². The molecule has 0 radical (unpaired) electrons. The van der Waals surface area contributed by atoms with Gasteiger partial charge in [-0.15, -0.1) is 11.3 Å². The molecule has 1 aromatic heterocycles. The Hall–Kier alpha value is -1.55. The third kappa shape index (κ3) is 3.52.